The lowest BCUT2D eigenvalue weighted by Gasteiger charge is -2.16. The molecule has 0 amide bonds. The molecule has 22 heavy (non-hydrogen) atoms. The van der Waals surface area contributed by atoms with Crippen LogP contribution < -0.4 is 14.8 Å². The monoisotopic (exact) mass is 361 g/mol. The van der Waals surface area contributed by atoms with Gasteiger partial charge in [-0.25, -0.2) is 0 Å². The zero-order valence-electron chi connectivity index (χ0n) is 12.9. The van der Waals surface area contributed by atoms with Crippen molar-refractivity contribution in [1.82, 2.24) is 5.32 Å². The van der Waals surface area contributed by atoms with Crippen molar-refractivity contribution >= 4 is 15.9 Å². The second kappa shape index (κ2) is 6.71. The van der Waals surface area contributed by atoms with E-state index in [1.165, 1.54) is 15.6 Å². The van der Waals surface area contributed by atoms with Gasteiger partial charge in [0.05, 0.1) is 14.2 Å². The molecule has 3 nitrogen and oxygen atoms in total. The van der Waals surface area contributed by atoms with Crippen molar-refractivity contribution in [3.05, 3.63) is 57.6 Å². The van der Waals surface area contributed by atoms with Gasteiger partial charge in [-0.3, -0.25) is 0 Å². The van der Waals surface area contributed by atoms with Crippen LogP contribution in [0.2, 0.25) is 0 Å². The Balaban J connectivity index is 1.73. The van der Waals surface area contributed by atoms with Gasteiger partial charge in [-0.2, -0.15) is 0 Å². The van der Waals surface area contributed by atoms with Gasteiger partial charge in [0.2, 0.25) is 0 Å². The fraction of sp³-hybridized carbons (Fsp3) is 0.333. The first kappa shape index (κ1) is 15.4. The average Bonchev–Trinajstić information content (AvgIpc) is 2.97. The Morgan fingerprint density at radius 1 is 1.18 bits per heavy atom. The van der Waals surface area contributed by atoms with Crippen LogP contribution in [-0.4, -0.2) is 14.2 Å². The van der Waals surface area contributed by atoms with Crippen molar-refractivity contribution in [2.45, 2.75) is 25.4 Å². The number of benzene rings is 2. The highest BCUT2D eigenvalue weighted by molar-refractivity contribution is 9.10. The molecule has 0 heterocycles. The van der Waals surface area contributed by atoms with Crippen molar-refractivity contribution in [3.8, 4) is 11.5 Å². The number of hydrogen-bond donors (Lipinski definition) is 1. The van der Waals surface area contributed by atoms with E-state index >= 15 is 0 Å². The Kier molecular flexibility index (Phi) is 4.69. The van der Waals surface area contributed by atoms with Gasteiger partial charge in [-0.05, 0) is 36.1 Å². The lowest BCUT2D eigenvalue weighted by molar-refractivity contribution is 0.388. The van der Waals surface area contributed by atoms with Gasteiger partial charge >= 0.3 is 0 Å². The molecule has 116 valence electrons. The van der Waals surface area contributed by atoms with Crippen molar-refractivity contribution in [2.24, 2.45) is 0 Å². The fourth-order valence-electron chi connectivity index (χ4n) is 3.05. The van der Waals surface area contributed by atoms with E-state index in [0.29, 0.717) is 6.04 Å². The van der Waals surface area contributed by atoms with Crippen LogP contribution >= 0.6 is 15.9 Å². The van der Waals surface area contributed by atoms with Crippen LogP contribution in [0.5, 0.6) is 11.5 Å². The summed E-state index contributed by atoms with van der Waals surface area (Å²) >= 11 is 3.65. The molecule has 0 saturated heterocycles. The Labute approximate surface area is 139 Å². The van der Waals surface area contributed by atoms with Crippen molar-refractivity contribution < 1.29 is 9.47 Å². The topological polar surface area (TPSA) is 30.5 Å². The molecular weight excluding hydrogens is 342 g/mol. The van der Waals surface area contributed by atoms with E-state index < -0.39 is 0 Å². The van der Waals surface area contributed by atoms with Crippen molar-refractivity contribution in [1.29, 1.82) is 0 Å². The van der Waals surface area contributed by atoms with E-state index in [1.807, 2.05) is 12.1 Å². The number of nitrogens with one attached hydrogen (secondary N) is 1. The minimum absolute atomic E-state index is 0.402. The molecule has 2 aromatic carbocycles. The van der Waals surface area contributed by atoms with E-state index in [4.69, 9.17) is 9.47 Å². The molecule has 0 aromatic heterocycles. The van der Waals surface area contributed by atoms with Crippen LogP contribution in [0.15, 0.2) is 40.9 Å². The first-order chi connectivity index (χ1) is 10.7. The molecule has 0 spiro atoms. The third-order valence-electron chi connectivity index (χ3n) is 4.25. The van der Waals surface area contributed by atoms with Gasteiger partial charge < -0.3 is 14.8 Å². The Bertz CT molecular complexity index is 672. The second-order valence-corrected chi connectivity index (χ2v) is 6.31. The fourth-order valence-corrected chi connectivity index (χ4v) is 3.63. The van der Waals surface area contributed by atoms with Crippen LogP contribution in [0.25, 0.3) is 0 Å². The predicted octanol–water partition coefficient (Wildman–Crippen LogP) is 4.24. The first-order valence-electron chi connectivity index (χ1n) is 7.44. The van der Waals surface area contributed by atoms with E-state index in [0.717, 1.165) is 36.4 Å². The first-order valence-corrected chi connectivity index (χ1v) is 8.24. The van der Waals surface area contributed by atoms with Gasteiger partial charge in [0.15, 0.2) is 0 Å². The molecule has 4 heteroatoms. The third-order valence-corrected chi connectivity index (χ3v) is 4.99. The Hall–Kier alpha value is -1.52. The maximum Gasteiger partial charge on any atom is 0.127 e. The lowest BCUT2D eigenvalue weighted by atomic mass is 10.1. The van der Waals surface area contributed by atoms with Crippen LogP contribution in [0, 0.1) is 0 Å². The summed E-state index contributed by atoms with van der Waals surface area (Å²) in [4.78, 5) is 0. The largest absolute Gasteiger partial charge is 0.497 e. The van der Waals surface area contributed by atoms with Crippen molar-refractivity contribution in [2.75, 3.05) is 14.2 Å². The lowest BCUT2D eigenvalue weighted by Crippen LogP contribution is -2.19. The minimum Gasteiger partial charge on any atom is -0.497 e. The summed E-state index contributed by atoms with van der Waals surface area (Å²) in [6.07, 6.45) is 2.25. The third kappa shape index (κ3) is 2.99. The van der Waals surface area contributed by atoms with E-state index in [2.05, 4.69) is 45.5 Å². The number of fused-ring (bicyclic) bond motifs is 1. The van der Waals surface area contributed by atoms with Crippen molar-refractivity contribution in [3.63, 3.8) is 0 Å². The number of halogens is 1. The predicted molar refractivity (Wildman–Crippen MR) is 91.6 cm³/mol. The molecule has 1 atom stereocenters. The molecule has 0 radical (unpaired) electrons. The molecule has 0 saturated carbocycles. The highest BCUT2D eigenvalue weighted by Gasteiger charge is 2.23. The normalized spacial score (nSPS) is 16.4. The summed E-state index contributed by atoms with van der Waals surface area (Å²) < 4.78 is 11.9. The molecule has 3 rings (SSSR count). The molecule has 2 aromatic rings. The summed E-state index contributed by atoms with van der Waals surface area (Å²) in [7, 11) is 3.36. The Morgan fingerprint density at radius 3 is 2.82 bits per heavy atom. The smallest absolute Gasteiger partial charge is 0.127 e. The molecule has 1 unspecified atom stereocenters. The number of hydrogen-bond acceptors (Lipinski definition) is 3. The van der Waals surface area contributed by atoms with Crippen LogP contribution in [0.1, 0.15) is 29.2 Å². The summed E-state index contributed by atoms with van der Waals surface area (Å²) in [5, 5.41) is 3.65. The zero-order valence-corrected chi connectivity index (χ0v) is 14.4. The zero-order chi connectivity index (χ0) is 15.5. The number of ether oxygens (including phenoxy) is 2. The standard InChI is InChI=1S/C18H20BrNO2/c1-21-13-7-6-12(18(10-13)22-2)11-20-17-9-8-14-15(17)4-3-5-16(14)19/h3-7,10,17,20H,8-9,11H2,1-2H3. The molecule has 1 N–H and O–H groups in total. The molecule has 0 fully saturated rings. The molecule has 1 aliphatic carbocycles. The molecule has 1 aliphatic rings. The van der Waals surface area contributed by atoms with E-state index in [9.17, 15) is 0 Å². The Morgan fingerprint density at radius 2 is 2.05 bits per heavy atom. The van der Waals surface area contributed by atoms with Gasteiger partial charge in [0, 0.05) is 28.7 Å². The van der Waals surface area contributed by atoms with Gasteiger partial charge in [-0.1, -0.05) is 34.1 Å². The second-order valence-electron chi connectivity index (χ2n) is 5.46. The van der Waals surface area contributed by atoms with Crippen LogP contribution in [0.3, 0.4) is 0 Å². The quantitative estimate of drug-likeness (QED) is 0.863. The number of rotatable bonds is 5. The summed E-state index contributed by atoms with van der Waals surface area (Å²) in [6, 6.07) is 12.8. The van der Waals surface area contributed by atoms with Gasteiger partial charge in [0.1, 0.15) is 11.5 Å². The van der Waals surface area contributed by atoms with E-state index in [-0.39, 0.29) is 0 Å². The maximum absolute atomic E-state index is 5.46. The van der Waals surface area contributed by atoms with E-state index in [1.54, 1.807) is 14.2 Å². The SMILES string of the molecule is COc1ccc(CNC2CCc3c(Br)cccc32)c(OC)c1. The maximum atomic E-state index is 5.46. The minimum atomic E-state index is 0.402. The molecule has 0 bridgehead atoms. The van der Waals surface area contributed by atoms with Crippen LogP contribution in [0.4, 0.5) is 0 Å². The number of methoxy groups -OCH3 is 2. The van der Waals surface area contributed by atoms with Gasteiger partial charge in [0.25, 0.3) is 0 Å². The van der Waals surface area contributed by atoms with Gasteiger partial charge in [-0.15, -0.1) is 0 Å². The average molecular weight is 362 g/mol. The highest BCUT2D eigenvalue weighted by atomic mass is 79.9. The molecule has 0 aliphatic heterocycles. The summed E-state index contributed by atoms with van der Waals surface area (Å²) in [5.41, 5.74) is 3.98. The summed E-state index contributed by atoms with van der Waals surface area (Å²) in [6.45, 7) is 0.782. The molecular formula is C18H20BrNO2. The highest BCUT2D eigenvalue weighted by Crippen LogP contribution is 2.36. The summed E-state index contributed by atoms with van der Waals surface area (Å²) in [5.74, 6) is 1.68. The van der Waals surface area contributed by atoms with Crippen LogP contribution in [-0.2, 0) is 13.0 Å².